The lowest BCUT2D eigenvalue weighted by Crippen LogP contribution is -2.41. The number of hydrogen-bond acceptors (Lipinski definition) is 4. The summed E-state index contributed by atoms with van der Waals surface area (Å²) < 4.78 is 0. The molecule has 0 spiro atoms. The van der Waals surface area contributed by atoms with Crippen LogP contribution in [0.1, 0.15) is 25.7 Å². The number of hydrogen-bond donors (Lipinski definition) is 1. The molecule has 0 radical (unpaired) electrons. The van der Waals surface area contributed by atoms with E-state index in [4.69, 9.17) is 11.6 Å². The highest BCUT2D eigenvalue weighted by Crippen LogP contribution is 2.27. The zero-order chi connectivity index (χ0) is 17.3. The number of benzene rings is 1. The Labute approximate surface area is 143 Å². The highest BCUT2D eigenvalue weighted by atomic mass is 35.5. The largest absolute Gasteiger partial charge is 0.334 e. The van der Waals surface area contributed by atoms with Crippen LogP contribution in [0.25, 0.3) is 0 Å². The Morgan fingerprint density at radius 2 is 1.79 bits per heavy atom. The Bertz CT molecular complexity index is 715. The Balaban J connectivity index is 1.69. The maximum Gasteiger partial charge on any atom is 0.334 e. The molecule has 5 amide bonds. The summed E-state index contributed by atoms with van der Waals surface area (Å²) in [4.78, 5) is 50.3. The fourth-order valence-corrected chi connectivity index (χ4v) is 3.23. The maximum atomic E-state index is 12.4. The van der Waals surface area contributed by atoms with Crippen LogP contribution in [0.4, 0.5) is 10.5 Å². The average Bonchev–Trinajstić information content (AvgIpc) is 3.14. The Morgan fingerprint density at radius 1 is 1.12 bits per heavy atom. The van der Waals surface area contributed by atoms with Gasteiger partial charge in [-0.2, -0.15) is 0 Å². The van der Waals surface area contributed by atoms with Crippen LogP contribution < -0.4 is 5.32 Å². The number of rotatable bonds is 4. The summed E-state index contributed by atoms with van der Waals surface area (Å²) in [5.41, 5.74) is 0.377. The van der Waals surface area contributed by atoms with E-state index in [0.717, 1.165) is 17.7 Å². The van der Waals surface area contributed by atoms with E-state index in [1.165, 1.54) is 0 Å². The molecule has 1 saturated carbocycles. The van der Waals surface area contributed by atoms with Gasteiger partial charge in [-0.1, -0.05) is 36.6 Å². The number of halogens is 1. The second kappa shape index (κ2) is 6.60. The van der Waals surface area contributed by atoms with Gasteiger partial charge >= 0.3 is 17.8 Å². The van der Waals surface area contributed by atoms with Crippen molar-refractivity contribution in [2.75, 3.05) is 11.9 Å². The van der Waals surface area contributed by atoms with Gasteiger partial charge in [-0.3, -0.25) is 19.3 Å². The van der Waals surface area contributed by atoms with E-state index in [9.17, 15) is 19.2 Å². The minimum absolute atomic E-state index is 0.245. The highest BCUT2D eigenvalue weighted by Gasteiger charge is 2.48. The quantitative estimate of drug-likeness (QED) is 0.665. The van der Waals surface area contributed by atoms with E-state index < -0.39 is 30.3 Å². The lowest BCUT2D eigenvalue weighted by atomic mass is 10.2. The van der Waals surface area contributed by atoms with Gasteiger partial charge in [0.15, 0.2) is 0 Å². The summed E-state index contributed by atoms with van der Waals surface area (Å²) in [7, 11) is 0. The second-order valence-corrected chi connectivity index (χ2v) is 6.22. The number of carbonyl (C=O) groups is 4. The molecular weight excluding hydrogens is 334 g/mol. The Kier molecular flexibility index (Phi) is 4.53. The number of anilines is 1. The van der Waals surface area contributed by atoms with Crippen LogP contribution >= 0.6 is 11.6 Å². The van der Waals surface area contributed by atoms with E-state index in [2.05, 4.69) is 5.32 Å². The van der Waals surface area contributed by atoms with Crippen molar-refractivity contribution in [2.24, 2.45) is 0 Å². The molecule has 2 aliphatic rings. The first-order valence-electron chi connectivity index (χ1n) is 7.72. The van der Waals surface area contributed by atoms with Gasteiger partial charge in [0.1, 0.15) is 6.54 Å². The fraction of sp³-hybridized carbons (Fsp3) is 0.375. The summed E-state index contributed by atoms with van der Waals surface area (Å²) in [5.74, 6) is -2.40. The predicted molar refractivity (Wildman–Crippen MR) is 86.3 cm³/mol. The van der Waals surface area contributed by atoms with Crippen LogP contribution in [0.5, 0.6) is 0 Å². The van der Waals surface area contributed by atoms with Crippen LogP contribution in [0.3, 0.4) is 0 Å². The molecule has 0 bridgehead atoms. The molecule has 8 heteroatoms. The van der Waals surface area contributed by atoms with Crippen LogP contribution in [0, 0.1) is 0 Å². The van der Waals surface area contributed by atoms with Gasteiger partial charge in [-0.05, 0) is 25.0 Å². The van der Waals surface area contributed by atoms with E-state index >= 15 is 0 Å². The Morgan fingerprint density at radius 3 is 2.46 bits per heavy atom. The highest BCUT2D eigenvalue weighted by molar-refractivity contribution is 6.45. The van der Waals surface area contributed by atoms with E-state index in [1.807, 2.05) is 0 Å². The number of urea groups is 1. The first kappa shape index (κ1) is 16.4. The van der Waals surface area contributed by atoms with Crippen molar-refractivity contribution in [3.8, 4) is 0 Å². The third kappa shape index (κ3) is 2.99. The van der Waals surface area contributed by atoms with Crippen molar-refractivity contribution in [1.82, 2.24) is 9.80 Å². The molecule has 1 heterocycles. The molecule has 24 heavy (non-hydrogen) atoms. The van der Waals surface area contributed by atoms with Crippen molar-refractivity contribution in [2.45, 2.75) is 31.7 Å². The van der Waals surface area contributed by atoms with Gasteiger partial charge < -0.3 is 5.32 Å². The van der Waals surface area contributed by atoms with Crippen LogP contribution in [-0.4, -0.2) is 46.1 Å². The lowest BCUT2D eigenvalue weighted by molar-refractivity contribution is -0.144. The normalized spacial score (nSPS) is 18.6. The standard InChI is InChI=1S/C16H16ClN3O4/c17-11-7-3-4-8-12(11)18-13(21)9-19-14(22)15(23)20(16(19)24)10-5-1-2-6-10/h3-4,7-8,10H,1-2,5-6,9H2,(H,18,21). The molecule has 1 N–H and O–H groups in total. The van der Waals surface area contributed by atoms with E-state index in [-0.39, 0.29) is 6.04 Å². The van der Waals surface area contributed by atoms with E-state index in [0.29, 0.717) is 28.5 Å². The van der Waals surface area contributed by atoms with Gasteiger partial charge in [-0.25, -0.2) is 9.69 Å². The van der Waals surface area contributed by atoms with Gasteiger partial charge in [-0.15, -0.1) is 0 Å². The Hall–Kier alpha value is -2.41. The molecule has 0 aromatic heterocycles. The number of amides is 5. The first-order chi connectivity index (χ1) is 11.5. The molecule has 1 saturated heterocycles. The van der Waals surface area contributed by atoms with Crippen LogP contribution in [-0.2, 0) is 14.4 Å². The average molecular weight is 350 g/mol. The predicted octanol–water partition coefficient (Wildman–Crippen LogP) is 2.01. The summed E-state index contributed by atoms with van der Waals surface area (Å²) in [6.45, 7) is -0.516. The monoisotopic (exact) mass is 349 g/mol. The zero-order valence-electron chi connectivity index (χ0n) is 12.8. The van der Waals surface area contributed by atoms with Gasteiger partial charge in [0, 0.05) is 6.04 Å². The molecule has 1 aromatic carbocycles. The van der Waals surface area contributed by atoms with Gasteiger partial charge in [0.05, 0.1) is 10.7 Å². The van der Waals surface area contributed by atoms with Crippen molar-refractivity contribution >= 4 is 41.0 Å². The molecule has 0 atom stereocenters. The molecule has 0 unspecified atom stereocenters. The molecule has 2 fully saturated rings. The molecule has 126 valence electrons. The summed E-state index contributed by atoms with van der Waals surface area (Å²) in [5, 5.41) is 2.87. The SMILES string of the molecule is O=C(CN1C(=O)C(=O)N(C2CCCC2)C1=O)Nc1ccccc1Cl. The first-order valence-corrected chi connectivity index (χ1v) is 8.10. The molecule has 7 nitrogen and oxygen atoms in total. The minimum Gasteiger partial charge on any atom is -0.323 e. The smallest absolute Gasteiger partial charge is 0.323 e. The number of nitrogens with one attached hydrogen (secondary N) is 1. The molecule has 1 aliphatic carbocycles. The molecule has 1 aromatic rings. The fourth-order valence-electron chi connectivity index (χ4n) is 3.04. The number of para-hydroxylation sites is 1. The van der Waals surface area contributed by atoms with Crippen molar-refractivity contribution in [3.63, 3.8) is 0 Å². The molecule has 3 rings (SSSR count). The van der Waals surface area contributed by atoms with Gasteiger partial charge in [0.2, 0.25) is 5.91 Å². The minimum atomic E-state index is -0.957. The third-order valence-corrected chi connectivity index (χ3v) is 4.55. The number of imide groups is 2. The van der Waals surface area contributed by atoms with E-state index in [1.54, 1.807) is 24.3 Å². The van der Waals surface area contributed by atoms with Gasteiger partial charge in [0.25, 0.3) is 0 Å². The van der Waals surface area contributed by atoms with Crippen LogP contribution in [0.15, 0.2) is 24.3 Å². The maximum absolute atomic E-state index is 12.4. The summed E-state index contributed by atoms with van der Waals surface area (Å²) in [6, 6.07) is 5.65. The lowest BCUT2D eigenvalue weighted by Gasteiger charge is -2.20. The molecule has 1 aliphatic heterocycles. The number of carbonyl (C=O) groups excluding carboxylic acids is 4. The van der Waals surface area contributed by atoms with Crippen molar-refractivity contribution in [3.05, 3.63) is 29.3 Å². The van der Waals surface area contributed by atoms with Crippen molar-refractivity contribution in [1.29, 1.82) is 0 Å². The second-order valence-electron chi connectivity index (χ2n) is 5.82. The third-order valence-electron chi connectivity index (χ3n) is 4.22. The summed E-state index contributed by atoms with van der Waals surface area (Å²) >= 11 is 5.95. The molecular formula is C16H16ClN3O4. The van der Waals surface area contributed by atoms with Crippen molar-refractivity contribution < 1.29 is 19.2 Å². The zero-order valence-corrected chi connectivity index (χ0v) is 13.6. The summed E-state index contributed by atoms with van der Waals surface area (Å²) in [6.07, 6.45) is 3.24. The number of nitrogens with zero attached hydrogens (tertiary/aromatic N) is 2. The topological polar surface area (TPSA) is 86.8 Å². The van der Waals surface area contributed by atoms with Crippen LogP contribution in [0.2, 0.25) is 5.02 Å².